The van der Waals surface area contributed by atoms with Crippen molar-refractivity contribution in [2.24, 2.45) is 5.11 Å². The molecule has 0 N–H and O–H groups in total. The molecule has 5 heteroatoms. The molecule has 70 valence electrons. The van der Waals surface area contributed by atoms with Gasteiger partial charge >= 0.3 is 5.97 Å². The minimum atomic E-state index is -0.613. The van der Waals surface area contributed by atoms with Crippen LogP contribution in [0.3, 0.4) is 0 Å². The van der Waals surface area contributed by atoms with Crippen LogP contribution in [-0.4, -0.2) is 12.6 Å². The van der Waals surface area contributed by atoms with E-state index >= 15 is 0 Å². The van der Waals surface area contributed by atoms with Gasteiger partial charge in [0, 0.05) is 4.91 Å². The number of hydrogen-bond acceptors (Lipinski definition) is 3. The maximum Gasteiger partial charge on any atom is 0.340 e. The Hall–Kier alpha value is -1.74. The lowest BCUT2D eigenvalue weighted by atomic mass is 10.4. The Kier molecular flexibility index (Phi) is 6.01. The summed E-state index contributed by atoms with van der Waals surface area (Å²) in [5.41, 5.74) is 8.10. The van der Waals surface area contributed by atoms with Gasteiger partial charge in [-0.2, -0.15) is 0 Å². The monoisotopic (exact) mass is 181 g/mol. The molecule has 0 aromatic carbocycles. The highest BCUT2D eigenvalue weighted by molar-refractivity contribution is 5.88. The number of carbonyl (C=O) groups excluding carboxylic acids is 1. The van der Waals surface area contributed by atoms with Crippen LogP contribution in [-0.2, 0) is 9.53 Å². The van der Waals surface area contributed by atoms with Crippen molar-refractivity contribution in [3.63, 3.8) is 0 Å². The fraction of sp³-hybridized carbons (Fsp3) is 0.375. The van der Waals surface area contributed by atoms with Gasteiger partial charge in [-0.15, -0.1) is 0 Å². The Balaban J connectivity index is 4.59. The first-order chi connectivity index (χ1) is 6.26. The molecule has 0 aromatic heterocycles. The van der Waals surface area contributed by atoms with E-state index in [1.54, 1.807) is 26.0 Å². The molecule has 0 atom stereocenters. The fourth-order valence-corrected chi connectivity index (χ4v) is 0.583. The molecule has 0 spiro atoms. The van der Waals surface area contributed by atoms with E-state index in [9.17, 15) is 4.79 Å². The van der Waals surface area contributed by atoms with Gasteiger partial charge in [0.25, 0.3) is 0 Å². The predicted molar refractivity (Wildman–Crippen MR) is 48.7 cm³/mol. The van der Waals surface area contributed by atoms with E-state index in [2.05, 4.69) is 14.8 Å². The zero-order valence-electron chi connectivity index (χ0n) is 7.60. The molecular formula is C8H11N3O2. The van der Waals surface area contributed by atoms with Crippen LogP contribution in [0.2, 0.25) is 0 Å². The van der Waals surface area contributed by atoms with Crippen LogP contribution in [0.5, 0.6) is 0 Å². The predicted octanol–water partition coefficient (Wildman–Crippen LogP) is 2.32. The number of nitrogens with zero attached hydrogens (tertiary/aromatic N) is 3. The number of ether oxygens (including phenoxy) is 1. The summed E-state index contributed by atoms with van der Waals surface area (Å²) in [5, 5.41) is 3.20. The maximum absolute atomic E-state index is 11.0. The van der Waals surface area contributed by atoms with Crippen LogP contribution in [0.15, 0.2) is 29.0 Å². The second-order valence-corrected chi connectivity index (χ2v) is 1.99. The maximum atomic E-state index is 11.0. The summed E-state index contributed by atoms with van der Waals surface area (Å²) >= 11 is 0. The van der Waals surface area contributed by atoms with E-state index in [1.807, 2.05) is 0 Å². The lowest BCUT2D eigenvalue weighted by Crippen LogP contribution is -2.05. The normalized spacial score (nSPS) is 11.1. The van der Waals surface area contributed by atoms with E-state index in [-0.39, 0.29) is 12.3 Å². The van der Waals surface area contributed by atoms with Crippen molar-refractivity contribution >= 4 is 5.97 Å². The summed E-state index contributed by atoms with van der Waals surface area (Å²) in [6.45, 7) is 3.73. The lowest BCUT2D eigenvalue weighted by Gasteiger charge is -1.98. The molecule has 0 unspecified atom stereocenters. The zero-order valence-corrected chi connectivity index (χ0v) is 7.60. The average Bonchev–Trinajstić information content (AvgIpc) is 2.12. The molecule has 0 aliphatic heterocycles. The SMILES string of the molecule is C/C=C/C=C(\N=[N+]=[N-])C(=O)OCC. The van der Waals surface area contributed by atoms with Gasteiger partial charge in [0.1, 0.15) is 5.70 Å². The second kappa shape index (κ2) is 6.94. The van der Waals surface area contributed by atoms with Crippen LogP contribution in [0.1, 0.15) is 13.8 Å². The van der Waals surface area contributed by atoms with Crippen LogP contribution in [0, 0.1) is 0 Å². The molecule has 0 fully saturated rings. The summed E-state index contributed by atoms with van der Waals surface area (Å²) in [4.78, 5) is 13.6. The summed E-state index contributed by atoms with van der Waals surface area (Å²) in [7, 11) is 0. The van der Waals surface area contributed by atoms with E-state index in [0.29, 0.717) is 0 Å². The summed E-state index contributed by atoms with van der Waals surface area (Å²) < 4.78 is 4.65. The molecule has 0 aromatic rings. The minimum Gasteiger partial charge on any atom is -0.462 e. The van der Waals surface area contributed by atoms with Crippen molar-refractivity contribution in [3.8, 4) is 0 Å². The number of rotatable bonds is 4. The van der Waals surface area contributed by atoms with Crippen molar-refractivity contribution in [2.45, 2.75) is 13.8 Å². The molecule has 0 bridgehead atoms. The second-order valence-electron chi connectivity index (χ2n) is 1.99. The third-order valence-electron chi connectivity index (χ3n) is 1.08. The van der Waals surface area contributed by atoms with Crippen LogP contribution in [0.4, 0.5) is 0 Å². The molecule has 0 heterocycles. The van der Waals surface area contributed by atoms with Gasteiger partial charge in [-0.1, -0.05) is 17.3 Å². The number of allylic oxidation sites excluding steroid dienone is 3. The smallest absolute Gasteiger partial charge is 0.340 e. The molecule has 0 aliphatic carbocycles. The van der Waals surface area contributed by atoms with Gasteiger partial charge in [-0.25, -0.2) is 4.79 Å². The first-order valence-electron chi connectivity index (χ1n) is 3.81. The molecule has 0 radical (unpaired) electrons. The van der Waals surface area contributed by atoms with E-state index < -0.39 is 5.97 Å². The zero-order chi connectivity index (χ0) is 10.1. The Morgan fingerprint density at radius 1 is 1.69 bits per heavy atom. The Labute approximate surface area is 76.3 Å². The highest BCUT2D eigenvalue weighted by Gasteiger charge is 2.05. The van der Waals surface area contributed by atoms with Crippen molar-refractivity contribution in [3.05, 3.63) is 34.4 Å². The van der Waals surface area contributed by atoms with Crippen molar-refractivity contribution in [1.29, 1.82) is 0 Å². The van der Waals surface area contributed by atoms with Crippen molar-refractivity contribution < 1.29 is 9.53 Å². The molecule has 0 saturated heterocycles. The number of hydrogen-bond donors (Lipinski definition) is 0. The summed E-state index contributed by atoms with van der Waals surface area (Å²) in [5.74, 6) is -0.613. The quantitative estimate of drug-likeness (QED) is 0.167. The van der Waals surface area contributed by atoms with Crippen molar-refractivity contribution in [2.75, 3.05) is 6.61 Å². The first kappa shape index (κ1) is 11.3. The molecule has 0 aliphatic rings. The Morgan fingerprint density at radius 3 is 2.85 bits per heavy atom. The average molecular weight is 181 g/mol. The van der Waals surface area contributed by atoms with Crippen LogP contribution >= 0.6 is 0 Å². The van der Waals surface area contributed by atoms with E-state index in [0.717, 1.165) is 0 Å². The Morgan fingerprint density at radius 2 is 2.38 bits per heavy atom. The van der Waals surface area contributed by atoms with Crippen LogP contribution in [0.25, 0.3) is 10.4 Å². The van der Waals surface area contributed by atoms with Crippen molar-refractivity contribution in [1.82, 2.24) is 0 Å². The Bertz CT molecular complexity index is 275. The topological polar surface area (TPSA) is 75.1 Å². The first-order valence-corrected chi connectivity index (χ1v) is 3.81. The molecule has 0 amide bonds. The van der Waals surface area contributed by atoms with Gasteiger partial charge in [0.05, 0.1) is 6.61 Å². The number of carbonyl (C=O) groups is 1. The summed E-state index contributed by atoms with van der Waals surface area (Å²) in [6, 6.07) is 0. The molecular weight excluding hydrogens is 170 g/mol. The minimum absolute atomic E-state index is 0.0394. The molecule has 13 heavy (non-hydrogen) atoms. The molecule has 5 nitrogen and oxygen atoms in total. The largest absolute Gasteiger partial charge is 0.462 e. The van der Waals surface area contributed by atoms with Gasteiger partial charge in [0.15, 0.2) is 0 Å². The highest BCUT2D eigenvalue weighted by Crippen LogP contribution is 2.01. The number of azide groups is 1. The van der Waals surface area contributed by atoms with Gasteiger partial charge < -0.3 is 4.74 Å². The third-order valence-corrected chi connectivity index (χ3v) is 1.08. The molecule has 0 rings (SSSR count). The van der Waals surface area contributed by atoms with Gasteiger partial charge in [-0.05, 0) is 25.5 Å². The van der Waals surface area contributed by atoms with E-state index in [4.69, 9.17) is 5.53 Å². The summed E-state index contributed by atoms with van der Waals surface area (Å²) in [6.07, 6.45) is 4.71. The van der Waals surface area contributed by atoms with Crippen LogP contribution < -0.4 is 0 Å². The van der Waals surface area contributed by atoms with Gasteiger partial charge in [-0.3, -0.25) is 0 Å². The molecule has 0 saturated carbocycles. The fourth-order valence-electron chi connectivity index (χ4n) is 0.583. The number of esters is 1. The lowest BCUT2D eigenvalue weighted by molar-refractivity contribution is -0.138. The van der Waals surface area contributed by atoms with Gasteiger partial charge in [0.2, 0.25) is 0 Å². The standard InChI is InChI=1S/C8H11N3O2/c1-3-5-6-7(10-11-9)8(12)13-4-2/h3,5-6H,4H2,1-2H3/b5-3+,7-6-. The third kappa shape index (κ3) is 4.66. The van der Waals surface area contributed by atoms with E-state index in [1.165, 1.54) is 6.08 Å². The highest BCUT2D eigenvalue weighted by atomic mass is 16.5.